The van der Waals surface area contributed by atoms with Crippen molar-refractivity contribution >= 4 is 35.3 Å². The number of nitrogens with zero attached hydrogens (tertiary/aromatic N) is 3. The Bertz CT molecular complexity index is 1360. The Labute approximate surface area is 218 Å². The van der Waals surface area contributed by atoms with E-state index in [4.69, 9.17) is 11.8 Å². The predicted octanol–water partition coefficient (Wildman–Crippen LogP) is 8.19. The number of carbonyl (C=O) groups is 2. The first kappa shape index (κ1) is 26.6. The summed E-state index contributed by atoms with van der Waals surface area (Å²) >= 11 is 0. The Kier molecular flexibility index (Phi) is 8.71. The van der Waals surface area contributed by atoms with Crippen LogP contribution >= 0.6 is 0 Å². The van der Waals surface area contributed by atoms with Crippen LogP contribution < -0.4 is 4.90 Å². The summed E-state index contributed by atoms with van der Waals surface area (Å²) < 4.78 is 0. The molecule has 0 heterocycles. The molecule has 4 aromatic rings. The van der Waals surface area contributed by atoms with E-state index >= 15 is 0 Å². The van der Waals surface area contributed by atoms with E-state index in [0.29, 0.717) is 12.6 Å². The first-order chi connectivity index (χ1) is 17.8. The van der Waals surface area contributed by atoms with Crippen molar-refractivity contribution < 1.29 is 9.59 Å². The first-order valence-corrected chi connectivity index (χ1v) is 11.7. The fourth-order valence-corrected chi connectivity index (χ4v) is 3.72. The maximum Gasteiger partial charge on any atom is 0.198 e. The van der Waals surface area contributed by atoms with Crippen LogP contribution in [0.4, 0.5) is 22.7 Å². The number of para-hydroxylation sites is 2. The van der Waals surface area contributed by atoms with Crippen LogP contribution in [0, 0.1) is 17.9 Å². The van der Waals surface area contributed by atoms with Gasteiger partial charge in [-0.05, 0) is 59.5 Å². The molecule has 0 bridgehead atoms. The van der Waals surface area contributed by atoms with Gasteiger partial charge in [0.25, 0.3) is 0 Å². The van der Waals surface area contributed by atoms with E-state index < -0.39 is 0 Å². The van der Waals surface area contributed by atoms with Crippen LogP contribution in [0.2, 0.25) is 0 Å². The molecule has 4 aromatic carbocycles. The molecule has 0 aromatic heterocycles. The summed E-state index contributed by atoms with van der Waals surface area (Å²) in [6, 6.07) is 34.1. The number of anilines is 3. The third-order valence-electron chi connectivity index (χ3n) is 5.71. The second kappa shape index (κ2) is 12.1. The van der Waals surface area contributed by atoms with Crippen molar-refractivity contribution in [1.82, 2.24) is 0 Å². The molecule has 0 saturated carbocycles. The van der Waals surface area contributed by atoms with Gasteiger partial charge in [-0.2, -0.15) is 5.26 Å². The lowest BCUT2D eigenvalue weighted by atomic mass is 9.87. The van der Waals surface area contributed by atoms with Crippen molar-refractivity contribution in [3.63, 3.8) is 0 Å². The van der Waals surface area contributed by atoms with E-state index in [1.165, 1.54) is 34.8 Å². The second-order valence-corrected chi connectivity index (χ2v) is 9.26. The quantitative estimate of drug-likeness (QED) is 0.211. The Morgan fingerprint density at radius 1 is 0.757 bits per heavy atom. The second-order valence-electron chi connectivity index (χ2n) is 9.26. The molecule has 0 spiro atoms. The van der Waals surface area contributed by atoms with Gasteiger partial charge in [-0.1, -0.05) is 69.3 Å². The summed E-state index contributed by atoms with van der Waals surface area (Å²) in [5.74, 6) is 0. The molecule has 0 unspecified atom stereocenters. The maximum atomic E-state index is 10.5. The molecule has 0 radical (unpaired) electrons. The summed E-state index contributed by atoms with van der Waals surface area (Å²) in [7, 11) is 0. The van der Waals surface area contributed by atoms with Crippen LogP contribution in [0.5, 0.6) is 0 Å². The van der Waals surface area contributed by atoms with E-state index in [1.54, 1.807) is 6.07 Å². The molecule has 0 saturated heterocycles. The summed E-state index contributed by atoms with van der Waals surface area (Å²) in [6.45, 7) is 13.5. The standard InChI is InChI=1S/C22H23N.C10H4N2O2/c1-22(2,3)18-14-16-21(17-15-18)23(19-10-6-4-7-11-19)20-12-8-5-9-13-20;1-12-10-3-8(5-13)7(4-11)2-9(10)6-14/h4-17H,1-3H3;2-3,5-6H. The zero-order valence-corrected chi connectivity index (χ0v) is 21.1. The monoisotopic (exact) mass is 485 g/mol. The van der Waals surface area contributed by atoms with Crippen LogP contribution in [0.15, 0.2) is 97.1 Å². The number of hydrogen-bond donors (Lipinski definition) is 0. The minimum atomic E-state index is 0.0844. The Hall–Kier alpha value is -5.00. The predicted molar refractivity (Wildman–Crippen MR) is 148 cm³/mol. The summed E-state index contributed by atoms with van der Waals surface area (Å²) in [5.41, 5.74) is 5.48. The van der Waals surface area contributed by atoms with E-state index in [-0.39, 0.29) is 27.8 Å². The number of benzene rings is 4. The first-order valence-electron chi connectivity index (χ1n) is 11.7. The van der Waals surface area contributed by atoms with Crippen molar-refractivity contribution in [2.75, 3.05) is 4.90 Å². The number of carbonyl (C=O) groups excluding carboxylic acids is 2. The van der Waals surface area contributed by atoms with Gasteiger partial charge in [-0.15, -0.1) is 0 Å². The molecule has 0 amide bonds. The molecule has 5 nitrogen and oxygen atoms in total. The number of hydrogen-bond acceptors (Lipinski definition) is 4. The number of nitriles is 1. The molecule has 0 atom stereocenters. The van der Waals surface area contributed by atoms with Crippen LogP contribution in [-0.4, -0.2) is 12.6 Å². The molecule has 0 aliphatic carbocycles. The highest BCUT2D eigenvalue weighted by molar-refractivity contribution is 5.90. The van der Waals surface area contributed by atoms with Gasteiger partial charge in [-0.3, -0.25) is 9.59 Å². The van der Waals surface area contributed by atoms with Crippen molar-refractivity contribution in [1.29, 1.82) is 5.26 Å². The average Bonchev–Trinajstić information content (AvgIpc) is 2.93. The van der Waals surface area contributed by atoms with Gasteiger partial charge in [-0.25, -0.2) is 4.85 Å². The van der Waals surface area contributed by atoms with Gasteiger partial charge in [0.15, 0.2) is 5.69 Å². The summed E-state index contributed by atoms with van der Waals surface area (Å²) in [5, 5.41) is 8.63. The third-order valence-corrected chi connectivity index (χ3v) is 5.71. The molecule has 5 heteroatoms. The van der Waals surface area contributed by atoms with Gasteiger partial charge in [0.1, 0.15) is 12.6 Å². The summed E-state index contributed by atoms with van der Waals surface area (Å²) in [6.07, 6.45) is 0.977. The van der Waals surface area contributed by atoms with Crippen LogP contribution in [0.1, 0.15) is 52.6 Å². The largest absolute Gasteiger partial charge is 0.311 e. The molecule has 0 aliphatic rings. The minimum absolute atomic E-state index is 0.0844. The highest BCUT2D eigenvalue weighted by atomic mass is 16.1. The van der Waals surface area contributed by atoms with Gasteiger partial charge >= 0.3 is 0 Å². The highest BCUT2D eigenvalue weighted by Gasteiger charge is 2.16. The zero-order chi connectivity index (χ0) is 26.8. The molecule has 0 fully saturated rings. The lowest BCUT2D eigenvalue weighted by molar-refractivity contribution is 0.111. The normalized spacial score (nSPS) is 10.2. The smallest absolute Gasteiger partial charge is 0.198 e. The fourth-order valence-electron chi connectivity index (χ4n) is 3.72. The third kappa shape index (κ3) is 6.57. The Morgan fingerprint density at radius 3 is 1.65 bits per heavy atom. The van der Waals surface area contributed by atoms with Crippen molar-refractivity contribution in [3.05, 3.63) is 131 Å². The van der Waals surface area contributed by atoms with Gasteiger partial charge < -0.3 is 4.90 Å². The van der Waals surface area contributed by atoms with Gasteiger partial charge in [0.05, 0.1) is 18.2 Å². The molecule has 4 rings (SSSR count). The van der Waals surface area contributed by atoms with Crippen LogP contribution in [0.3, 0.4) is 0 Å². The highest BCUT2D eigenvalue weighted by Crippen LogP contribution is 2.35. The maximum absolute atomic E-state index is 10.5. The molecular formula is C32H27N3O2. The zero-order valence-electron chi connectivity index (χ0n) is 21.1. The van der Waals surface area contributed by atoms with E-state index in [2.05, 4.69) is 115 Å². The van der Waals surface area contributed by atoms with E-state index in [1.807, 2.05) is 0 Å². The SMILES string of the molecule is CC(C)(C)c1ccc(N(c2ccccc2)c2ccccc2)cc1.[C-]#[N+]c1cc(C=O)c(C#N)cc1C=O. The van der Waals surface area contributed by atoms with Crippen LogP contribution in [0.25, 0.3) is 4.85 Å². The Balaban J connectivity index is 0.000000233. The fraction of sp³-hybridized carbons (Fsp3) is 0.125. The van der Waals surface area contributed by atoms with Gasteiger partial charge in [0.2, 0.25) is 0 Å². The van der Waals surface area contributed by atoms with Crippen molar-refractivity contribution in [3.8, 4) is 6.07 Å². The Morgan fingerprint density at radius 2 is 1.24 bits per heavy atom. The van der Waals surface area contributed by atoms with E-state index in [9.17, 15) is 9.59 Å². The van der Waals surface area contributed by atoms with Crippen LogP contribution in [-0.2, 0) is 5.41 Å². The van der Waals surface area contributed by atoms with Crippen molar-refractivity contribution in [2.24, 2.45) is 0 Å². The van der Waals surface area contributed by atoms with Crippen molar-refractivity contribution in [2.45, 2.75) is 26.2 Å². The van der Waals surface area contributed by atoms with E-state index in [0.717, 1.165) is 0 Å². The lowest BCUT2D eigenvalue weighted by Crippen LogP contribution is -2.13. The molecule has 0 aliphatic heterocycles. The topological polar surface area (TPSA) is 65.5 Å². The average molecular weight is 486 g/mol. The lowest BCUT2D eigenvalue weighted by Gasteiger charge is -2.26. The molecular weight excluding hydrogens is 458 g/mol. The molecule has 37 heavy (non-hydrogen) atoms. The molecule has 182 valence electrons. The summed E-state index contributed by atoms with van der Waals surface area (Å²) in [4.78, 5) is 26.4. The van der Waals surface area contributed by atoms with Gasteiger partial charge in [0, 0.05) is 28.2 Å². The molecule has 0 N–H and O–H groups in total. The number of aldehydes is 2. The number of rotatable bonds is 5. The minimum Gasteiger partial charge on any atom is -0.311 e.